The van der Waals surface area contributed by atoms with E-state index >= 15 is 0 Å². The number of hydrogen-bond acceptors (Lipinski definition) is 4. The Morgan fingerprint density at radius 2 is 1.55 bits per heavy atom. The van der Waals surface area contributed by atoms with Crippen LogP contribution in [-0.4, -0.2) is 44.3 Å². The third-order valence-electron chi connectivity index (χ3n) is 7.32. The van der Waals surface area contributed by atoms with Crippen LogP contribution in [0.1, 0.15) is 29.2 Å². The molecule has 0 aliphatic heterocycles. The lowest BCUT2D eigenvalue weighted by Gasteiger charge is -2.34. The van der Waals surface area contributed by atoms with E-state index < -0.39 is 40.2 Å². The molecule has 1 atom stereocenters. The quantitative estimate of drug-likeness (QED) is 0.205. The normalized spacial score (nSPS) is 11.9. The van der Waals surface area contributed by atoms with Gasteiger partial charge in [-0.1, -0.05) is 83.9 Å². The van der Waals surface area contributed by atoms with Gasteiger partial charge in [-0.05, 0) is 62.2 Å². The number of rotatable bonds is 12. The Labute approximate surface area is 263 Å². The van der Waals surface area contributed by atoms with E-state index in [0.29, 0.717) is 17.1 Å². The summed E-state index contributed by atoms with van der Waals surface area (Å²) in [5, 5.41) is 3.11. The number of nitrogens with zero attached hydrogens (tertiary/aromatic N) is 2. The predicted molar refractivity (Wildman–Crippen MR) is 171 cm³/mol. The van der Waals surface area contributed by atoms with Gasteiger partial charge < -0.3 is 10.2 Å². The fourth-order valence-electron chi connectivity index (χ4n) is 4.87. The largest absolute Gasteiger partial charge is 0.355 e. The molecule has 4 aromatic carbocycles. The number of carbonyl (C=O) groups excluding carboxylic acids is 2. The molecule has 0 aromatic heterocycles. The molecule has 1 unspecified atom stereocenters. The molecule has 1 N–H and O–H groups in total. The minimum atomic E-state index is -4.28. The molecule has 0 spiro atoms. The van der Waals surface area contributed by atoms with Crippen LogP contribution in [0.4, 0.5) is 10.1 Å². The minimum Gasteiger partial charge on any atom is -0.355 e. The zero-order chi connectivity index (χ0) is 31.9. The first-order valence-corrected chi connectivity index (χ1v) is 16.0. The van der Waals surface area contributed by atoms with Gasteiger partial charge in [-0.25, -0.2) is 12.8 Å². The number of hydrogen-bond donors (Lipinski definition) is 1. The lowest BCUT2D eigenvalue weighted by atomic mass is 10.0. The second kappa shape index (κ2) is 14.5. The second-order valence-electron chi connectivity index (χ2n) is 10.4. The van der Waals surface area contributed by atoms with Crippen LogP contribution in [0.3, 0.4) is 0 Å². The number of carbonyl (C=O) groups is 2. The maximum atomic E-state index is 15.0. The SMILES string of the molecule is CCNC(=O)C(Cc1ccccc1)N(Cc1ccccc1F)C(=O)CN(c1cccc(Cl)c1C)S(=O)(=O)c1ccc(C)cc1. The Kier molecular flexibility index (Phi) is 10.8. The van der Waals surface area contributed by atoms with Gasteiger partial charge in [0.2, 0.25) is 11.8 Å². The molecule has 0 heterocycles. The molecule has 0 saturated carbocycles. The summed E-state index contributed by atoms with van der Waals surface area (Å²) in [6.45, 7) is 4.67. The van der Waals surface area contributed by atoms with Crippen LogP contribution in [0.2, 0.25) is 5.02 Å². The highest BCUT2D eigenvalue weighted by Crippen LogP contribution is 2.31. The molecule has 10 heteroatoms. The number of benzene rings is 4. The van der Waals surface area contributed by atoms with Crippen LogP contribution < -0.4 is 9.62 Å². The van der Waals surface area contributed by atoms with Crippen molar-refractivity contribution in [2.45, 2.75) is 44.7 Å². The predicted octanol–water partition coefficient (Wildman–Crippen LogP) is 6.07. The van der Waals surface area contributed by atoms with Gasteiger partial charge in [-0.3, -0.25) is 13.9 Å². The van der Waals surface area contributed by atoms with E-state index in [4.69, 9.17) is 11.6 Å². The number of likely N-dealkylation sites (N-methyl/N-ethyl adjacent to an activating group) is 1. The Morgan fingerprint density at radius 3 is 2.20 bits per heavy atom. The smallest absolute Gasteiger partial charge is 0.264 e. The van der Waals surface area contributed by atoms with Crippen molar-refractivity contribution in [3.05, 3.63) is 130 Å². The first kappa shape index (κ1) is 32.7. The van der Waals surface area contributed by atoms with Gasteiger partial charge in [0.1, 0.15) is 18.4 Å². The van der Waals surface area contributed by atoms with Crippen molar-refractivity contribution < 1.29 is 22.4 Å². The third kappa shape index (κ3) is 7.65. The van der Waals surface area contributed by atoms with E-state index in [1.807, 2.05) is 37.3 Å². The van der Waals surface area contributed by atoms with Crippen molar-refractivity contribution >= 4 is 39.1 Å². The average molecular weight is 636 g/mol. The zero-order valence-electron chi connectivity index (χ0n) is 24.8. The van der Waals surface area contributed by atoms with Crippen LogP contribution in [-0.2, 0) is 32.6 Å². The lowest BCUT2D eigenvalue weighted by Crippen LogP contribution is -2.53. The monoisotopic (exact) mass is 635 g/mol. The summed E-state index contributed by atoms with van der Waals surface area (Å²) in [4.78, 5) is 29.2. The van der Waals surface area contributed by atoms with Crippen LogP contribution in [0.15, 0.2) is 102 Å². The van der Waals surface area contributed by atoms with E-state index in [1.54, 1.807) is 50.2 Å². The van der Waals surface area contributed by atoms with Crippen molar-refractivity contribution in [3.63, 3.8) is 0 Å². The summed E-state index contributed by atoms with van der Waals surface area (Å²) in [6.07, 6.45) is 0.133. The van der Waals surface area contributed by atoms with Crippen molar-refractivity contribution in [2.75, 3.05) is 17.4 Å². The van der Waals surface area contributed by atoms with Crippen LogP contribution >= 0.6 is 11.6 Å². The molecule has 0 aliphatic rings. The molecule has 0 aliphatic carbocycles. The summed E-state index contributed by atoms with van der Waals surface area (Å²) in [6, 6.07) is 25.2. The Morgan fingerprint density at radius 1 is 0.886 bits per heavy atom. The Bertz CT molecular complexity index is 1720. The van der Waals surface area contributed by atoms with Gasteiger partial charge in [-0.2, -0.15) is 0 Å². The van der Waals surface area contributed by atoms with E-state index in [1.165, 1.54) is 35.2 Å². The fourth-order valence-corrected chi connectivity index (χ4v) is 6.51. The molecule has 7 nitrogen and oxygen atoms in total. The maximum Gasteiger partial charge on any atom is 0.264 e. The molecule has 0 saturated heterocycles. The number of amides is 2. The lowest BCUT2D eigenvalue weighted by molar-refractivity contribution is -0.140. The van der Waals surface area contributed by atoms with E-state index in [9.17, 15) is 22.4 Å². The van der Waals surface area contributed by atoms with Crippen LogP contribution in [0.5, 0.6) is 0 Å². The van der Waals surface area contributed by atoms with Gasteiger partial charge in [0.25, 0.3) is 10.0 Å². The summed E-state index contributed by atoms with van der Waals surface area (Å²) < 4.78 is 44.3. The molecule has 0 fully saturated rings. The number of halogens is 2. The average Bonchev–Trinajstić information content (AvgIpc) is 3.01. The second-order valence-corrected chi connectivity index (χ2v) is 12.7. The Balaban J connectivity index is 1.84. The Hall–Kier alpha value is -4.21. The number of nitrogens with one attached hydrogen (secondary N) is 1. The molecular weight excluding hydrogens is 601 g/mol. The van der Waals surface area contributed by atoms with Gasteiger partial charge in [-0.15, -0.1) is 0 Å². The van der Waals surface area contributed by atoms with Crippen LogP contribution in [0, 0.1) is 19.7 Å². The molecule has 0 radical (unpaired) electrons. The van der Waals surface area contributed by atoms with E-state index in [-0.39, 0.29) is 29.1 Å². The minimum absolute atomic E-state index is 0.0134. The number of aryl methyl sites for hydroxylation is 1. The maximum absolute atomic E-state index is 15.0. The molecule has 0 bridgehead atoms. The van der Waals surface area contributed by atoms with Crippen molar-refractivity contribution in [1.82, 2.24) is 10.2 Å². The summed E-state index contributed by atoms with van der Waals surface area (Å²) in [5.41, 5.74) is 2.52. The van der Waals surface area contributed by atoms with E-state index in [2.05, 4.69) is 5.32 Å². The van der Waals surface area contributed by atoms with Crippen molar-refractivity contribution in [1.29, 1.82) is 0 Å². The molecule has 2 amide bonds. The van der Waals surface area contributed by atoms with Gasteiger partial charge in [0.15, 0.2) is 0 Å². The van der Waals surface area contributed by atoms with Crippen molar-refractivity contribution in [2.24, 2.45) is 0 Å². The summed E-state index contributed by atoms with van der Waals surface area (Å²) in [5.74, 6) is -1.67. The number of sulfonamides is 1. The molecular formula is C34H35ClFN3O4S. The highest BCUT2D eigenvalue weighted by Gasteiger charge is 2.35. The first-order valence-electron chi connectivity index (χ1n) is 14.2. The number of anilines is 1. The van der Waals surface area contributed by atoms with Gasteiger partial charge in [0, 0.05) is 30.1 Å². The standard InChI is InChI=1S/C34H35ClFN3O4S/c1-4-37-34(41)32(21-26-11-6-5-7-12-26)38(22-27-13-8-9-15-30(27)36)33(40)23-39(31-16-10-14-29(35)25(31)3)44(42,43)28-19-17-24(2)18-20-28/h5-20,32H,4,21-23H2,1-3H3,(H,37,41). The summed E-state index contributed by atoms with van der Waals surface area (Å²) >= 11 is 6.40. The molecule has 4 aromatic rings. The first-order chi connectivity index (χ1) is 21.0. The summed E-state index contributed by atoms with van der Waals surface area (Å²) in [7, 11) is -4.28. The van der Waals surface area contributed by atoms with Crippen LogP contribution in [0.25, 0.3) is 0 Å². The molecule has 4 rings (SSSR count). The zero-order valence-corrected chi connectivity index (χ0v) is 26.4. The highest BCUT2D eigenvalue weighted by molar-refractivity contribution is 7.92. The molecule has 230 valence electrons. The third-order valence-corrected chi connectivity index (χ3v) is 9.50. The van der Waals surface area contributed by atoms with Crippen molar-refractivity contribution in [3.8, 4) is 0 Å². The topological polar surface area (TPSA) is 86.8 Å². The van der Waals surface area contributed by atoms with E-state index in [0.717, 1.165) is 15.4 Å². The molecule has 44 heavy (non-hydrogen) atoms. The highest BCUT2D eigenvalue weighted by atomic mass is 35.5. The van der Waals surface area contributed by atoms with Gasteiger partial charge in [0.05, 0.1) is 10.6 Å². The van der Waals surface area contributed by atoms with Gasteiger partial charge >= 0.3 is 0 Å². The fraction of sp³-hybridized carbons (Fsp3) is 0.235.